The van der Waals surface area contributed by atoms with Crippen LogP contribution in [0.25, 0.3) is 15.9 Å². The first kappa shape index (κ1) is 15.3. The van der Waals surface area contributed by atoms with Crippen LogP contribution in [-0.2, 0) is 23.9 Å². The highest BCUT2D eigenvalue weighted by atomic mass is 32.1. The van der Waals surface area contributed by atoms with Crippen LogP contribution < -0.4 is 5.56 Å². The summed E-state index contributed by atoms with van der Waals surface area (Å²) in [6.07, 6.45) is -1.63. The van der Waals surface area contributed by atoms with E-state index in [-0.39, 0.29) is 15.9 Å². The van der Waals surface area contributed by atoms with Crippen LogP contribution >= 0.6 is 11.3 Å². The van der Waals surface area contributed by atoms with Gasteiger partial charge in [-0.3, -0.25) is 14.3 Å². The average molecular weight is 353 g/mol. The van der Waals surface area contributed by atoms with Gasteiger partial charge in [-0.1, -0.05) is 0 Å². The van der Waals surface area contributed by atoms with Crippen molar-refractivity contribution in [1.29, 1.82) is 0 Å². The molecule has 0 atom stereocenters. The van der Waals surface area contributed by atoms with Gasteiger partial charge in [0.25, 0.3) is 5.56 Å². The molecule has 9 heteroatoms. The Bertz CT molecular complexity index is 980. The Hall–Kier alpha value is -2.26. The van der Waals surface area contributed by atoms with Gasteiger partial charge in [0.15, 0.2) is 0 Å². The van der Waals surface area contributed by atoms with E-state index in [9.17, 15) is 18.0 Å². The third-order valence-electron chi connectivity index (χ3n) is 3.80. The average Bonchev–Trinajstić information content (AvgIpc) is 2.93. The van der Waals surface area contributed by atoms with Gasteiger partial charge in [-0.15, -0.1) is 11.3 Å². The van der Waals surface area contributed by atoms with Crippen LogP contribution in [0, 0.1) is 0 Å². The number of rotatable bonds is 1. The van der Waals surface area contributed by atoms with Gasteiger partial charge in [-0.05, 0) is 24.1 Å². The lowest BCUT2D eigenvalue weighted by Gasteiger charge is -2.15. The Morgan fingerprint density at radius 1 is 1.33 bits per heavy atom. The van der Waals surface area contributed by atoms with Crippen molar-refractivity contribution in [2.75, 3.05) is 6.61 Å². The minimum atomic E-state index is -4.76. The summed E-state index contributed by atoms with van der Waals surface area (Å²) in [6.45, 7) is 0.732. The molecule has 0 bridgehead atoms. The maximum Gasteiger partial charge on any atom is 0.450 e. The van der Waals surface area contributed by atoms with Gasteiger partial charge in [0.2, 0.25) is 5.82 Å². The molecule has 3 aromatic heterocycles. The molecule has 5 nitrogen and oxygen atoms in total. The normalized spacial score (nSPS) is 14.8. The fourth-order valence-corrected chi connectivity index (χ4v) is 3.93. The van der Waals surface area contributed by atoms with E-state index >= 15 is 0 Å². The summed E-state index contributed by atoms with van der Waals surface area (Å²) in [5, 5.41) is 0.246. The topological polar surface area (TPSA) is 57.0 Å². The number of fused-ring (bicyclic) bond motifs is 3. The second-order valence-electron chi connectivity index (χ2n) is 5.27. The SMILES string of the molecule is O=c1c2c3c(sc2nc(C(F)(F)F)n1-c1cccnc1)COCC3. The van der Waals surface area contributed by atoms with Gasteiger partial charge in [0, 0.05) is 11.1 Å². The molecule has 0 aromatic carbocycles. The molecular formula is C15H10F3N3O2S. The van der Waals surface area contributed by atoms with Gasteiger partial charge in [-0.2, -0.15) is 13.2 Å². The minimum Gasteiger partial charge on any atom is -0.376 e. The van der Waals surface area contributed by atoms with Crippen molar-refractivity contribution in [3.05, 3.63) is 51.1 Å². The first-order valence-corrected chi connectivity index (χ1v) is 7.91. The van der Waals surface area contributed by atoms with Crippen LogP contribution in [0.1, 0.15) is 16.3 Å². The molecule has 0 spiro atoms. The number of thiophene rings is 1. The molecule has 1 aliphatic rings. The first-order chi connectivity index (χ1) is 11.5. The zero-order chi connectivity index (χ0) is 16.9. The van der Waals surface area contributed by atoms with E-state index in [4.69, 9.17) is 4.74 Å². The molecule has 1 aliphatic heterocycles. The van der Waals surface area contributed by atoms with E-state index < -0.39 is 17.6 Å². The fourth-order valence-electron chi connectivity index (χ4n) is 2.79. The van der Waals surface area contributed by atoms with Gasteiger partial charge >= 0.3 is 6.18 Å². The molecule has 3 aromatic rings. The monoisotopic (exact) mass is 353 g/mol. The Morgan fingerprint density at radius 3 is 2.88 bits per heavy atom. The number of halogens is 3. The van der Waals surface area contributed by atoms with Crippen LogP contribution in [0.2, 0.25) is 0 Å². The molecule has 24 heavy (non-hydrogen) atoms. The smallest absolute Gasteiger partial charge is 0.376 e. The van der Waals surface area contributed by atoms with Crippen molar-refractivity contribution in [2.24, 2.45) is 0 Å². The standard InChI is InChI=1S/C15H10F3N3O2S/c16-15(17,18)14-20-12-11(9-3-5-23-7-10(9)24-12)13(22)21(14)8-2-1-4-19-6-8/h1-2,4,6H,3,5,7H2. The summed E-state index contributed by atoms with van der Waals surface area (Å²) in [5.41, 5.74) is 0.0566. The number of aromatic nitrogens is 3. The molecule has 0 saturated heterocycles. The number of alkyl halides is 3. The molecule has 124 valence electrons. The summed E-state index contributed by atoms with van der Waals surface area (Å²) in [6, 6.07) is 2.88. The highest BCUT2D eigenvalue weighted by Crippen LogP contribution is 2.35. The van der Waals surface area contributed by atoms with E-state index in [1.165, 1.54) is 24.5 Å². The summed E-state index contributed by atoms with van der Waals surface area (Å²) < 4.78 is 46.3. The van der Waals surface area contributed by atoms with Crippen LogP contribution in [0.5, 0.6) is 0 Å². The first-order valence-electron chi connectivity index (χ1n) is 7.09. The van der Waals surface area contributed by atoms with Crippen LogP contribution in [0.15, 0.2) is 29.3 Å². The van der Waals surface area contributed by atoms with Crippen molar-refractivity contribution in [3.63, 3.8) is 0 Å². The summed E-state index contributed by atoms with van der Waals surface area (Å²) in [7, 11) is 0. The molecule has 0 aliphatic carbocycles. The van der Waals surface area contributed by atoms with E-state index in [2.05, 4.69) is 9.97 Å². The lowest BCUT2D eigenvalue weighted by Crippen LogP contribution is -2.29. The van der Waals surface area contributed by atoms with Crippen LogP contribution in [-0.4, -0.2) is 21.1 Å². The van der Waals surface area contributed by atoms with Crippen molar-refractivity contribution in [2.45, 2.75) is 19.2 Å². The second kappa shape index (κ2) is 5.38. The Labute approximate surface area is 137 Å². The predicted octanol–water partition coefficient (Wildman–Crippen LogP) is 2.93. The zero-order valence-corrected chi connectivity index (χ0v) is 12.9. The number of hydrogen-bond acceptors (Lipinski definition) is 5. The molecule has 0 radical (unpaired) electrons. The summed E-state index contributed by atoms with van der Waals surface area (Å²) in [4.78, 5) is 21.3. The van der Waals surface area contributed by atoms with Crippen molar-refractivity contribution >= 4 is 21.6 Å². The van der Waals surface area contributed by atoms with Crippen molar-refractivity contribution in [3.8, 4) is 5.69 Å². The largest absolute Gasteiger partial charge is 0.450 e. The number of ether oxygens (including phenoxy) is 1. The van der Waals surface area contributed by atoms with Gasteiger partial charge < -0.3 is 4.74 Å². The van der Waals surface area contributed by atoms with Crippen molar-refractivity contribution in [1.82, 2.24) is 14.5 Å². The molecule has 0 unspecified atom stereocenters. The Kier molecular flexibility index (Phi) is 3.43. The quantitative estimate of drug-likeness (QED) is 0.675. The Balaban J connectivity index is 2.12. The molecule has 0 fully saturated rings. The van der Waals surface area contributed by atoms with Gasteiger partial charge in [0.05, 0.1) is 30.5 Å². The van der Waals surface area contributed by atoms with Crippen LogP contribution in [0.4, 0.5) is 13.2 Å². The summed E-state index contributed by atoms with van der Waals surface area (Å²) >= 11 is 1.08. The van der Waals surface area contributed by atoms with Gasteiger partial charge in [-0.25, -0.2) is 4.98 Å². The predicted molar refractivity (Wildman–Crippen MR) is 81.4 cm³/mol. The Morgan fingerprint density at radius 2 is 2.17 bits per heavy atom. The van der Waals surface area contributed by atoms with E-state index in [0.717, 1.165) is 21.8 Å². The number of pyridine rings is 1. The zero-order valence-electron chi connectivity index (χ0n) is 12.1. The molecule has 0 saturated carbocycles. The third kappa shape index (κ3) is 2.31. The minimum absolute atomic E-state index is 0.0382. The molecule has 0 amide bonds. The van der Waals surface area contributed by atoms with E-state index in [0.29, 0.717) is 24.2 Å². The highest BCUT2D eigenvalue weighted by Gasteiger charge is 2.38. The molecular weight excluding hydrogens is 343 g/mol. The van der Waals surface area contributed by atoms with Crippen molar-refractivity contribution < 1.29 is 17.9 Å². The maximum absolute atomic E-state index is 13.5. The second-order valence-corrected chi connectivity index (χ2v) is 6.36. The molecule has 0 N–H and O–H groups in total. The van der Waals surface area contributed by atoms with Gasteiger partial charge in [0.1, 0.15) is 4.83 Å². The highest BCUT2D eigenvalue weighted by molar-refractivity contribution is 7.18. The molecule has 4 heterocycles. The van der Waals surface area contributed by atoms with E-state index in [1.54, 1.807) is 0 Å². The van der Waals surface area contributed by atoms with E-state index in [1.807, 2.05) is 0 Å². The summed E-state index contributed by atoms with van der Waals surface area (Å²) in [5.74, 6) is -1.24. The molecule has 4 rings (SSSR count). The number of nitrogens with zero attached hydrogens (tertiary/aromatic N) is 3. The fraction of sp³-hybridized carbons (Fsp3) is 0.267. The number of hydrogen-bond donors (Lipinski definition) is 0. The lowest BCUT2D eigenvalue weighted by atomic mass is 10.1. The third-order valence-corrected chi connectivity index (χ3v) is 4.89. The lowest BCUT2D eigenvalue weighted by molar-refractivity contribution is -0.146. The maximum atomic E-state index is 13.5. The van der Waals surface area contributed by atoms with Crippen LogP contribution in [0.3, 0.4) is 0 Å².